The Morgan fingerprint density at radius 2 is 1.38 bits per heavy atom. The lowest BCUT2D eigenvalue weighted by atomic mass is 10.1. The van der Waals surface area contributed by atoms with Crippen LogP contribution in [0.5, 0.6) is 0 Å². The third-order valence-corrected chi connectivity index (χ3v) is 4.82. The highest BCUT2D eigenvalue weighted by atomic mass is 32.2. The van der Waals surface area contributed by atoms with E-state index in [2.05, 4.69) is 9.71 Å². The first-order chi connectivity index (χ1) is 11.9. The zero-order valence-electron chi connectivity index (χ0n) is 12.5. The van der Waals surface area contributed by atoms with E-state index < -0.39 is 39.2 Å². The number of rotatable bonds is 1. The Kier molecular flexibility index (Phi) is 4.02. The molecule has 0 aliphatic carbocycles. The molecule has 0 fully saturated rings. The molecule has 1 N–H and O–H groups in total. The van der Waals surface area contributed by atoms with E-state index in [1.54, 1.807) is 0 Å². The highest BCUT2D eigenvalue weighted by Gasteiger charge is 2.37. The van der Waals surface area contributed by atoms with Gasteiger partial charge in [-0.15, -0.1) is 4.40 Å². The van der Waals surface area contributed by atoms with E-state index in [4.69, 9.17) is 0 Å². The van der Waals surface area contributed by atoms with Crippen molar-refractivity contribution in [2.45, 2.75) is 17.2 Å². The Hall–Kier alpha value is -2.56. The summed E-state index contributed by atoms with van der Waals surface area (Å²) < 4.78 is 105. The maximum atomic E-state index is 12.9. The number of hydrogen-bond acceptors (Lipinski definition) is 3. The molecule has 0 saturated carbocycles. The van der Waals surface area contributed by atoms with Gasteiger partial charge in [-0.05, 0) is 30.3 Å². The van der Waals surface area contributed by atoms with Gasteiger partial charge in [0.2, 0.25) is 0 Å². The second kappa shape index (κ2) is 5.73. The van der Waals surface area contributed by atoms with Gasteiger partial charge in [-0.1, -0.05) is 12.1 Å². The summed E-state index contributed by atoms with van der Waals surface area (Å²) in [5, 5.41) is 2.25. The first-order valence-electron chi connectivity index (χ1n) is 6.89. The molecule has 0 aromatic heterocycles. The van der Waals surface area contributed by atoms with Gasteiger partial charge in [0, 0.05) is 11.3 Å². The predicted octanol–water partition coefficient (Wildman–Crippen LogP) is 4.29. The molecule has 0 unspecified atom stereocenters. The number of amidine groups is 1. The van der Waals surface area contributed by atoms with Crippen molar-refractivity contribution in [3.8, 4) is 0 Å². The van der Waals surface area contributed by atoms with Crippen molar-refractivity contribution in [2.75, 3.05) is 5.32 Å². The second-order valence-electron chi connectivity index (χ2n) is 5.33. The molecule has 0 radical (unpaired) electrons. The lowest BCUT2D eigenvalue weighted by molar-refractivity contribution is -0.143. The van der Waals surface area contributed by atoms with Crippen molar-refractivity contribution >= 4 is 21.5 Å². The molecule has 26 heavy (non-hydrogen) atoms. The Balaban J connectivity index is 2.09. The van der Waals surface area contributed by atoms with Crippen LogP contribution in [0.4, 0.5) is 32.0 Å². The molecular formula is C15H8F6N2O2S. The van der Waals surface area contributed by atoms with Crippen molar-refractivity contribution in [1.82, 2.24) is 0 Å². The molecule has 0 amide bonds. The third kappa shape index (κ3) is 3.39. The number of nitrogens with zero attached hydrogens (tertiary/aromatic N) is 1. The molecule has 1 heterocycles. The summed E-state index contributed by atoms with van der Waals surface area (Å²) in [6, 6.07) is 6.33. The summed E-state index contributed by atoms with van der Waals surface area (Å²) in [4.78, 5) is -0.189. The van der Waals surface area contributed by atoms with Crippen molar-refractivity contribution in [3.63, 3.8) is 0 Å². The van der Waals surface area contributed by atoms with Gasteiger partial charge in [0.1, 0.15) is 4.90 Å². The molecule has 4 nitrogen and oxygen atoms in total. The maximum absolute atomic E-state index is 12.9. The van der Waals surface area contributed by atoms with Crippen molar-refractivity contribution in [2.24, 2.45) is 4.40 Å². The quantitative estimate of drug-likeness (QED) is 0.735. The van der Waals surface area contributed by atoms with Crippen LogP contribution in [0.25, 0.3) is 0 Å². The molecule has 0 atom stereocenters. The standard InChI is InChI=1S/C15H8F6N2O2S/c16-14(17,18)8-5-9(15(19,20)21)7-10(6-8)22-13-11-3-1-2-4-12(11)26(24,25)23-13/h1-7H,(H,22,23). The van der Waals surface area contributed by atoms with Crippen LogP contribution in [0.1, 0.15) is 16.7 Å². The summed E-state index contributed by atoms with van der Waals surface area (Å²) in [5.74, 6) is -0.354. The first-order valence-corrected chi connectivity index (χ1v) is 8.33. The summed E-state index contributed by atoms with van der Waals surface area (Å²) in [6.45, 7) is 0. The minimum Gasteiger partial charge on any atom is -0.339 e. The molecule has 1 aliphatic rings. The van der Waals surface area contributed by atoms with Gasteiger partial charge in [-0.2, -0.15) is 34.8 Å². The molecule has 0 bridgehead atoms. The zero-order valence-corrected chi connectivity index (χ0v) is 13.3. The average molecular weight is 394 g/mol. The normalized spacial score (nSPS) is 16.2. The number of halogens is 6. The lowest BCUT2D eigenvalue weighted by Crippen LogP contribution is -2.15. The number of benzene rings is 2. The topological polar surface area (TPSA) is 58.5 Å². The van der Waals surface area contributed by atoms with Gasteiger partial charge in [0.15, 0.2) is 5.84 Å². The number of anilines is 1. The summed E-state index contributed by atoms with van der Waals surface area (Å²) in [5.41, 5.74) is -3.58. The monoisotopic (exact) mass is 394 g/mol. The Labute approximate surface area is 143 Å². The highest BCUT2D eigenvalue weighted by molar-refractivity contribution is 7.90. The van der Waals surface area contributed by atoms with Gasteiger partial charge in [-0.25, -0.2) is 0 Å². The highest BCUT2D eigenvalue weighted by Crippen LogP contribution is 2.38. The third-order valence-electron chi connectivity index (χ3n) is 3.48. The second-order valence-corrected chi connectivity index (χ2v) is 6.90. The van der Waals surface area contributed by atoms with E-state index in [9.17, 15) is 34.8 Å². The minimum absolute atomic E-state index is 0.0215. The zero-order chi connectivity index (χ0) is 19.3. The van der Waals surface area contributed by atoms with E-state index in [-0.39, 0.29) is 22.4 Å². The molecule has 138 valence electrons. The summed E-state index contributed by atoms with van der Waals surface area (Å²) >= 11 is 0. The van der Waals surface area contributed by atoms with Crippen LogP contribution in [0.3, 0.4) is 0 Å². The number of alkyl halides is 6. The van der Waals surface area contributed by atoms with E-state index in [0.717, 1.165) is 0 Å². The van der Waals surface area contributed by atoms with Crippen LogP contribution in [0.15, 0.2) is 51.8 Å². The van der Waals surface area contributed by atoms with Crippen molar-refractivity contribution in [1.29, 1.82) is 0 Å². The van der Waals surface area contributed by atoms with Crippen molar-refractivity contribution < 1.29 is 34.8 Å². The molecule has 2 aromatic rings. The van der Waals surface area contributed by atoms with Gasteiger partial charge in [-0.3, -0.25) is 0 Å². The van der Waals surface area contributed by atoms with Gasteiger partial charge < -0.3 is 5.32 Å². The fourth-order valence-corrected chi connectivity index (χ4v) is 3.54. The van der Waals surface area contributed by atoms with Crippen molar-refractivity contribution in [3.05, 3.63) is 59.2 Å². The molecule has 0 saturated heterocycles. The van der Waals surface area contributed by atoms with Crippen LogP contribution < -0.4 is 5.32 Å². The Bertz CT molecular complexity index is 977. The molecule has 3 rings (SSSR count). The number of fused-ring (bicyclic) bond motifs is 1. The van der Waals surface area contributed by atoms with Gasteiger partial charge in [0.05, 0.1) is 11.1 Å². The molecule has 2 aromatic carbocycles. The molecule has 0 spiro atoms. The van der Waals surface area contributed by atoms with Crippen LogP contribution in [0, 0.1) is 0 Å². The van der Waals surface area contributed by atoms with E-state index in [0.29, 0.717) is 12.1 Å². The summed E-state index contributed by atoms with van der Waals surface area (Å²) in [6.07, 6.45) is -10.0. The average Bonchev–Trinajstić information content (AvgIpc) is 2.77. The van der Waals surface area contributed by atoms with Crippen LogP contribution in [-0.4, -0.2) is 14.3 Å². The first kappa shape index (κ1) is 18.2. The van der Waals surface area contributed by atoms with E-state index >= 15 is 0 Å². The lowest BCUT2D eigenvalue weighted by Gasteiger charge is -2.15. The smallest absolute Gasteiger partial charge is 0.339 e. The predicted molar refractivity (Wildman–Crippen MR) is 80.2 cm³/mol. The Morgan fingerprint density at radius 3 is 1.92 bits per heavy atom. The number of nitrogens with one attached hydrogen (secondary N) is 1. The Morgan fingerprint density at radius 1 is 0.846 bits per heavy atom. The maximum Gasteiger partial charge on any atom is 0.416 e. The largest absolute Gasteiger partial charge is 0.416 e. The van der Waals surface area contributed by atoms with E-state index in [1.807, 2.05) is 0 Å². The van der Waals surface area contributed by atoms with Crippen LogP contribution >= 0.6 is 0 Å². The van der Waals surface area contributed by atoms with Gasteiger partial charge in [0.25, 0.3) is 10.0 Å². The molecular weight excluding hydrogens is 386 g/mol. The van der Waals surface area contributed by atoms with Gasteiger partial charge >= 0.3 is 12.4 Å². The van der Waals surface area contributed by atoms with Crippen LogP contribution in [-0.2, 0) is 22.4 Å². The van der Waals surface area contributed by atoms with E-state index in [1.165, 1.54) is 24.3 Å². The molecule has 1 aliphatic heterocycles. The minimum atomic E-state index is -5.01. The summed E-state index contributed by atoms with van der Waals surface area (Å²) in [7, 11) is -4.07. The number of sulfonamides is 1. The fraction of sp³-hybridized carbons (Fsp3) is 0.133. The number of hydrogen-bond donors (Lipinski definition) is 1. The SMILES string of the molecule is O=S1(=O)N=C(Nc2cc(C(F)(F)F)cc(C(F)(F)F)c2)c2ccccc21. The molecule has 11 heteroatoms. The van der Waals surface area contributed by atoms with Crippen LogP contribution in [0.2, 0.25) is 0 Å². The fourth-order valence-electron chi connectivity index (χ4n) is 2.36.